The third kappa shape index (κ3) is 58.7. The molecule has 0 saturated carbocycles. The number of rotatable bonds is 59. The Morgan fingerprint density at radius 3 is 0.746 bits per heavy atom. The lowest BCUT2D eigenvalue weighted by Gasteiger charge is -2.18. The maximum Gasteiger partial charge on any atom is 0.306 e. The molecular weight excluding hydrogens is 877 g/mol. The summed E-state index contributed by atoms with van der Waals surface area (Å²) in [5, 5.41) is 0. The molecule has 0 spiro atoms. The van der Waals surface area contributed by atoms with E-state index < -0.39 is 6.10 Å². The van der Waals surface area contributed by atoms with Crippen LogP contribution in [-0.2, 0) is 28.6 Å². The van der Waals surface area contributed by atoms with Crippen molar-refractivity contribution >= 4 is 17.9 Å². The van der Waals surface area contributed by atoms with Crippen molar-refractivity contribution < 1.29 is 28.6 Å². The molecule has 0 bridgehead atoms. The van der Waals surface area contributed by atoms with Crippen LogP contribution in [0.1, 0.15) is 355 Å². The topological polar surface area (TPSA) is 78.9 Å². The van der Waals surface area contributed by atoms with Crippen LogP contribution in [0.3, 0.4) is 0 Å². The number of ether oxygens (including phenoxy) is 3. The first-order valence-electron chi connectivity index (χ1n) is 31.8. The minimum Gasteiger partial charge on any atom is -0.462 e. The zero-order valence-electron chi connectivity index (χ0n) is 48.0. The Morgan fingerprint density at radius 2 is 0.465 bits per heavy atom. The van der Waals surface area contributed by atoms with Crippen LogP contribution in [0.2, 0.25) is 0 Å². The second kappa shape index (κ2) is 60.4. The van der Waals surface area contributed by atoms with Gasteiger partial charge in [0.05, 0.1) is 0 Å². The van der Waals surface area contributed by atoms with Gasteiger partial charge in [0.2, 0.25) is 0 Å². The molecule has 0 aromatic rings. The van der Waals surface area contributed by atoms with E-state index in [4.69, 9.17) is 14.2 Å². The van der Waals surface area contributed by atoms with Crippen LogP contribution in [0.4, 0.5) is 0 Å². The second-order valence-corrected chi connectivity index (χ2v) is 21.7. The normalized spacial score (nSPS) is 12.1. The highest BCUT2D eigenvalue weighted by Gasteiger charge is 2.19. The molecule has 0 N–H and O–H groups in total. The maximum absolute atomic E-state index is 12.8. The van der Waals surface area contributed by atoms with Crippen LogP contribution in [0.25, 0.3) is 0 Å². The Labute approximate surface area is 443 Å². The van der Waals surface area contributed by atoms with Gasteiger partial charge in [-0.3, -0.25) is 14.4 Å². The van der Waals surface area contributed by atoms with Gasteiger partial charge in [0.1, 0.15) is 13.2 Å². The Kier molecular flexibility index (Phi) is 58.6. The van der Waals surface area contributed by atoms with Gasteiger partial charge in [-0.05, 0) is 70.6 Å². The summed E-state index contributed by atoms with van der Waals surface area (Å²) in [6, 6.07) is 0. The summed E-state index contributed by atoms with van der Waals surface area (Å²) in [7, 11) is 0. The summed E-state index contributed by atoms with van der Waals surface area (Å²) in [5.41, 5.74) is 0. The number of unbranched alkanes of at least 4 members (excludes halogenated alkanes) is 44. The molecule has 0 fully saturated rings. The molecule has 0 amide bonds. The van der Waals surface area contributed by atoms with E-state index in [-0.39, 0.29) is 31.1 Å². The van der Waals surface area contributed by atoms with E-state index in [0.29, 0.717) is 19.3 Å². The fourth-order valence-corrected chi connectivity index (χ4v) is 9.61. The highest BCUT2D eigenvalue weighted by Crippen LogP contribution is 2.18. The van der Waals surface area contributed by atoms with E-state index in [2.05, 4.69) is 45.1 Å². The molecule has 0 saturated heterocycles. The van der Waals surface area contributed by atoms with Crippen LogP contribution in [0.5, 0.6) is 0 Å². The molecule has 0 rings (SSSR count). The third-order valence-electron chi connectivity index (χ3n) is 14.4. The van der Waals surface area contributed by atoms with Crippen molar-refractivity contribution in [2.75, 3.05) is 13.2 Å². The van der Waals surface area contributed by atoms with Crippen molar-refractivity contribution in [2.24, 2.45) is 0 Å². The van der Waals surface area contributed by atoms with E-state index in [0.717, 1.165) is 70.6 Å². The average Bonchev–Trinajstić information content (AvgIpc) is 3.37. The summed E-state index contributed by atoms with van der Waals surface area (Å²) >= 11 is 0. The number of carbonyl (C=O) groups excluding carboxylic acids is 3. The number of carbonyl (C=O) groups is 3. The van der Waals surface area contributed by atoms with Crippen LogP contribution in [-0.4, -0.2) is 37.2 Å². The minimum absolute atomic E-state index is 0.0729. The molecule has 6 nitrogen and oxygen atoms in total. The summed E-state index contributed by atoms with van der Waals surface area (Å²) in [6.45, 7) is 6.64. The predicted molar refractivity (Wildman–Crippen MR) is 307 cm³/mol. The lowest BCUT2D eigenvalue weighted by atomic mass is 10.0. The predicted octanol–water partition coefficient (Wildman–Crippen LogP) is 21.4. The molecule has 1 unspecified atom stereocenters. The Bertz CT molecular complexity index is 1150. The molecule has 71 heavy (non-hydrogen) atoms. The van der Waals surface area contributed by atoms with Crippen LogP contribution in [0.15, 0.2) is 24.3 Å². The highest BCUT2D eigenvalue weighted by atomic mass is 16.6. The van der Waals surface area contributed by atoms with Crippen LogP contribution in [0, 0.1) is 0 Å². The third-order valence-corrected chi connectivity index (χ3v) is 14.4. The monoisotopic (exact) mass is 999 g/mol. The van der Waals surface area contributed by atoms with Gasteiger partial charge in [-0.15, -0.1) is 0 Å². The average molecular weight is 1000 g/mol. The highest BCUT2D eigenvalue weighted by molar-refractivity contribution is 5.71. The minimum atomic E-state index is -0.775. The Hall–Kier alpha value is -2.11. The first-order chi connectivity index (χ1) is 35.0. The van der Waals surface area contributed by atoms with Crippen molar-refractivity contribution in [2.45, 2.75) is 361 Å². The lowest BCUT2D eigenvalue weighted by Crippen LogP contribution is -2.30. The first kappa shape index (κ1) is 68.9. The molecule has 0 aromatic carbocycles. The van der Waals surface area contributed by atoms with Gasteiger partial charge >= 0.3 is 17.9 Å². The summed E-state index contributed by atoms with van der Waals surface area (Å²) in [4.78, 5) is 38.1. The number of hydrogen-bond acceptors (Lipinski definition) is 6. The van der Waals surface area contributed by atoms with Gasteiger partial charge in [-0.1, -0.05) is 289 Å². The van der Waals surface area contributed by atoms with Crippen molar-refractivity contribution in [1.82, 2.24) is 0 Å². The van der Waals surface area contributed by atoms with Crippen LogP contribution < -0.4 is 0 Å². The largest absolute Gasteiger partial charge is 0.462 e. The van der Waals surface area contributed by atoms with Gasteiger partial charge < -0.3 is 14.2 Å². The van der Waals surface area contributed by atoms with E-state index in [1.807, 2.05) is 0 Å². The maximum atomic E-state index is 12.8. The molecule has 0 aliphatic carbocycles. The second-order valence-electron chi connectivity index (χ2n) is 21.7. The molecule has 0 aliphatic rings. The Morgan fingerprint density at radius 1 is 0.268 bits per heavy atom. The first-order valence-corrected chi connectivity index (χ1v) is 31.8. The zero-order chi connectivity index (χ0) is 51.4. The summed E-state index contributed by atoms with van der Waals surface area (Å²) in [6.07, 6.45) is 72.1. The molecule has 6 heteroatoms. The van der Waals surface area contributed by atoms with E-state index in [1.165, 1.54) is 244 Å². The Balaban J connectivity index is 4.11. The van der Waals surface area contributed by atoms with E-state index in [9.17, 15) is 14.4 Å². The van der Waals surface area contributed by atoms with Crippen molar-refractivity contribution in [3.8, 4) is 0 Å². The fourth-order valence-electron chi connectivity index (χ4n) is 9.61. The SMILES string of the molecule is CCCCC/C=C\CCCCCCCC(=O)OCC(COC(=O)CCCCCCCCCCCCCCCCCCCCCCCCCCCCCC)OC(=O)CCCCCCC/C=C\CCCCCC. The standard InChI is InChI=1S/C65H122O6/c1-4-7-10-13-16-19-22-25-26-27-28-29-30-31-32-33-34-35-36-37-38-39-41-43-46-49-52-55-58-64(67)70-61-62(60-69-63(66)57-54-51-48-45-42-24-21-18-15-12-9-6-3)71-65(68)59-56-53-50-47-44-40-23-20-17-14-11-8-5-2/h18,20-21,23,62H,4-17,19,22,24-61H2,1-3H3/b21-18-,23-20-. The van der Waals surface area contributed by atoms with E-state index >= 15 is 0 Å². The van der Waals surface area contributed by atoms with Gasteiger partial charge in [-0.25, -0.2) is 0 Å². The molecule has 0 radical (unpaired) electrons. The van der Waals surface area contributed by atoms with Gasteiger partial charge in [0, 0.05) is 19.3 Å². The molecule has 0 aliphatic heterocycles. The van der Waals surface area contributed by atoms with Crippen molar-refractivity contribution in [3.63, 3.8) is 0 Å². The van der Waals surface area contributed by atoms with Crippen molar-refractivity contribution in [1.29, 1.82) is 0 Å². The fraction of sp³-hybridized carbons (Fsp3) is 0.892. The van der Waals surface area contributed by atoms with Gasteiger partial charge in [0.15, 0.2) is 6.10 Å². The van der Waals surface area contributed by atoms with E-state index in [1.54, 1.807) is 0 Å². The molecular formula is C65H122O6. The molecule has 0 heterocycles. The zero-order valence-corrected chi connectivity index (χ0v) is 48.0. The lowest BCUT2D eigenvalue weighted by molar-refractivity contribution is -0.167. The van der Waals surface area contributed by atoms with Gasteiger partial charge in [0.25, 0.3) is 0 Å². The number of hydrogen-bond donors (Lipinski definition) is 0. The van der Waals surface area contributed by atoms with Crippen molar-refractivity contribution in [3.05, 3.63) is 24.3 Å². The smallest absolute Gasteiger partial charge is 0.306 e. The molecule has 1 atom stereocenters. The summed E-state index contributed by atoms with van der Waals surface area (Å²) < 4.78 is 16.9. The number of esters is 3. The van der Waals surface area contributed by atoms with Gasteiger partial charge in [-0.2, -0.15) is 0 Å². The number of allylic oxidation sites excluding steroid dienone is 4. The summed E-state index contributed by atoms with van der Waals surface area (Å²) in [5.74, 6) is -0.871. The van der Waals surface area contributed by atoms with Crippen LogP contribution >= 0.6 is 0 Å². The molecule has 418 valence electrons. The quantitative estimate of drug-likeness (QED) is 0.0261. The molecule has 0 aromatic heterocycles.